The van der Waals surface area contributed by atoms with Crippen LogP contribution in [0.4, 0.5) is 0 Å². The van der Waals surface area contributed by atoms with Crippen molar-refractivity contribution in [1.29, 1.82) is 0 Å². The number of aryl methyl sites for hydroxylation is 1. The van der Waals surface area contributed by atoms with Gasteiger partial charge >= 0.3 is 0 Å². The van der Waals surface area contributed by atoms with E-state index in [2.05, 4.69) is 16.9 Å². The van der Waals surface area contributed by atoms with Crippen molar-refractivity contribution >= 4 is 11.6 Å². The molecule has 0 bridgehead atoms. The third-order valence-corrected chi connectivity index (χ3v) is 2.73. The quantitative estimate of drug-likeness (QED) is 0.760. The van der Waals surface area contributed by atoms with E-state index in [9.17, 15) is 0 Å². The summed E-state index contributed by atoms with van der Waals surface area (Å²) in [6, 6.07) is 9.27. The van der Waals surface area contributed by atoms with Crippen molar-refractivity contribution in [2.24, 2.45) is 0 Å². The molecule has 2 rings (SSSR count). The van der Waals surface area contributed by atoms with E-state index in [-0.39, 0.29) is 6.61 Å². The average molecular weight is 293 g/mol. The van der Waals surface area contributed by atoms with Crippen LogP contribution in [0.25, 0.3) is 0 Å². The lowest BCUT2D eigenvalue weighted by Crippen LogP contribution is -2.04. The summed E-state index contributed by atoms with van der Waals surface area (Å²) in [6.07, 6.45) is 0.949. The number of ether oxygens (including phenoxy) is 2. The highest BCUT2D eigenvalue weighted by molar-refractivity contribution is 6.29. The number of halogens is 1. The summed E-state index contributed by atoms with van der Waals surface area (Å²) in [7, 11) is 0. The van der Waals surface area contributed by atoms with E-state index in [0.29, 0.717) is 23.3 Å². The van der Waals surface area contributed by atoms with Crippen LogP contribution in [0.2, 0.25) is 5.15 Å². The Morgan fingerprint density at radius 1 is 1.10 bits per heavy atom. The standard InChI is InChI=1S/C15H17ClN2O2/c1-3-8-19-12-6-4-5-7-13(12)20-10-15-17-11(2)9-14(16)18-15/h4-7,9H,3,8,10H2,1-2H3. The van der Waals surface area contributed by atoms with Crippen LogP contribution in [0.1, 0.15) is 24.9 Å². The van der Waals surface area contributed by atoms with Crippen LogP contribution in [-0.4, -0.2) is 16.6 Å². The molecule has 106 valence electrons. The van der Waals surface area contributed by atoms with Gasteiger partial charge in [-0.2, -0.15) is 0 Å². The second-order valence-corrected chi connectivity index (χ2v) is 4.72. The van der Waals surface area contributed by atoms with Gasteiger partial charge in [0.25, 0.3) is 0 Å². The molecule has 0 unspecified atom stereocenters. The van der Waals surface area contributed by atoms with Gasteiger partial charge in [-0.3, -0.25) is 0 Å². The first-order valence-corrected chi connectivity index (χ1v) is 6.91. The Balaban J connectivity index is 2.06. The molecule has 0 spiro atoms. The summed E-state index contributed by atoms with van der Waals surface area (Å²) in [5, 5.41) is 0.423. The molecule has 0 aliphatic rings. The normalized spacial score (nSPS) is 10.3. The van der Waals surface area contributed by atoms with Gasteiger partial charge in [0.15, 0.2) is 17.3 Å². The molecule has 0 saturated heterocycles. The molecular formula is C15H17ClN2O2. The summed E-state index contributed by atoms with van der Waals surface area (Å²) in [6.45, 7) is 4.85. The summed E-state index contributed by atoms with van der Waals surface area (Å²) < 4.78 is 11.4. The molecule has 0 aliphatic carbocycles. The lowest BCUT2D eigenvalue weighted by molar-refractivity contribution is 0.256. The zero-order valence-corrected chi connectivity index (χ0v) is 12.4. The fourth-order valence-corrected chi connectivity index (χ4v) is 1.95. The highest BCUT2D eigenvalue weighted by atomic mass is 35.5. The van der Waals surface area contributed by atoms with Crippen LogP contribution >= 0.6 is 11.6 Å². The molecule has 0 aliphatic heterocycles. The van der Waals surface area contributed by atoms with Crippen LogP contribution in [0.5, 0.6) is 11.5 Å². The predicted molar refractivity (Wildman–Crippen MR) is 78.3 cm³/mol. The van der Waals surface area contributed by atoms with Gasteiger partial charge in [0.1, 0.15) is 11.8 Å². The summed E-state index contributed by atoms with van der Waals surface area (Å²) in [5.74, 6) is 1.97. The maximum Gasteiger partial charge on any atom is 0.167 e. The Kier molecular flexibility index (Phi) is 5.18. The average Bonchev–Trinajstić information content (AvgIpc) is 2.43. The molecule has 1 heterocycles. The summed E-state index contributed by atoms with van der Waals surface area (Å²) in [4.78, 5) is 8.41. The monoisotopic (exact) mass is 292 g/mol. The lowest BCUT2D eigenvalue weighted by Gasteiger charge is -2.11. The van der Waals surface area contributed by atoms with Crippen LogP contribution in [0.3, 0.4) is 0 Å². The smallest absolute Gasteiger partial charge is 0.167 e. The summed E-state index contributed by atoms with van der Waals surface area (Å²) >= 11 is 5.90. The first-order valence-electron chi connectivity index (χ1n) is 6.53. The van der Waals surface area contributed by atoms with Crippen molar-refractivity contribution in [2.75, 3.05) is 6.61 Å². The first kappa shape index (κ1) is 14.6. The Bertz CT molecular complexity index is 555. The highest BCUT2D eigenvalue weighted by Crippen LogP contribution is 2.27. The number of para-hydroxylation sites is 2. The van der Waals surface area contributed by atoms with Crippen molar-refractivity contribution in [3.8, 4) is 11.5 Å². The molecule has 0 saturated carbocycles. The van der Waals surface area contributed by atoms with Crippen molar-refractivity contribution in [1.82, 2.24) is 9.97 Å². The van der Waals surface area contributed by atoms with Gasteiger partial charge in [-0.05, 0) is 31.5 Å². The van der Waals surface area contributed by atoms with Crippen LogP contribution in [0.15, 0.2) is 30.3 Å². The number of rotatable bonds is 6. The minimum absolute atomic E-state index is 0.258. The van der Waals surface area contributed by atoms with Gasteiger partial charge in [0.05, 0.1) is 6.61 Å². The molecule has 5 heteroatoms. The first-order chi connectivity index (χ1) is 9.69. The number of aromatic nitrogens is 2. The molecule has 2 aromatic rings. The van der Waals surface area contributed by atoms with Crippen molar-refractivity contribution < 1.29 is 9.47 Å². The zero-order valence-electron chi connectivity index (χ0n) is 11.6. The van der Waals surface area contributed by atoms with Gasteiger partial charge in [-0.25, -0.2) is 9.97 Å². The van der Waals surface area contributed by atoms with Crippen molar-refractivity contribution in [3.05, 3.63) is 47.0 Å². The van der Waals surface area contributed by atoms with Gasteiger partial charge in [-0.1, -0.05) is 30.7 Å². The zero-order chi connectivity index (χ0) is 14.4. The van der Waals surface area contributed by atoms with E-state index < -0.39 is 0 Å². The molecule has 0 radical (unpaired) electrons. The minimum atomic E-state index is 0.258. The number of benzene rings is 1. The Hall–Kier alpha value is -1.81. The largest absolute Gasteiger partial charge is 0.490 e. The van der Waals surface area contributed by atoms with Crippen LogP contribution in [0, 0.1) is 6.92 Å². The Morgan fingerprint density at radius 2 is 1.80 bits per heavy atom. The number of hydrogen-bond acceptors (Lipinski definition) is 4. The molecule has 1 aromatic carbocycles. The summed E-state index contributed by atoms with van der Waals surface area (Å²) in [5.41, 5.74) is 0.819. The van der Waals surface area contributed by atoms with Gasteiger partial charge in [0, 0.05) is 5.69 Å². The van der Waals surface area contributed by atoms with E-state index in [1.807, 2.05) is 31.2 Å². The molecule has 20 heavy (non-hydrogen) atoms. The van der Waals surface area contributed by atoms with E-state index in [4.69, 9.17) is 21.1 Å². The molecule has 0 fully saturated rings. The third-order valence-electron chi connectivity index (χ3n) is 2.54. The van der Waals surface area contributed by atoms with E-state index in [0.717, 1.165) is 17.9 Å². The SMILES string of the molecule is CCCOc1ccccc1OCc1nc(C)cc(Cl)n1. The van der Waals surface area contributed by atoms with Gasteiger partial charge in [-0.15, -0.1) is 0 Å². The van der Waals surface area contributed by atoms with Gasteiger partial charge < -0.3 is 9.47 Å². The Morgan fingerprint density at radius 3 is 2.45 bits per heavy atom. The van der Waals surface area contributed by atoms with Gasteiger partial charge in [0.2, 0.25) is 0 Å². The maximum absolute atomic E-state index is 5.90. The second-order valence-electron chi connectivity index (χ2n) is 4.33. The third kappa shape index (κ3) is 4.10. The number of hydrogen-bond donors (Lipinski definition) is 0. The van der Waals surface area contributed by atoms with E-state index in [1.165, 1.54) is 0 Å². The van der Waals surface area contributed by atoms with Crippen molar-refractivity contribution in [3.63, 3.8) is 0 Å². The minimum Gasteiger partial charge on any atom is -0.490 e. The molecule has 0 atom stereocenters. The molecule has 1 aromatic heterocycles. The fraction of sp³-hybridized carbons (Fsp3) is 0.333. The molecule has 0 N–H and O–H groups in total. The topological polar surface area (TPSA) is 44.2 Å². The van der Waals surface area contributed by atoms with Crippen LogP contribution in [-0.2, 0) is 6.61 Å². The lowest BCUT2D eigenvalue weighted by atomic mass is 10.3. The van der Waals surface area contributed by atoms with E-state index >= 15 is 0 Å². The number of nitrogens with zero attached hydrogens (tertiary/aromatic N) is 2. The fourth-order valence-electron chi connectivity index (χ4n) is 1.70. The maximum atomic E-state index is 5.90. The highest BCUT2D eigenvalue weighted by Gasteiger charge is 2.06. The molecule has 4 nitrogen and oxygen atoms in total. The molecule has 0 amide bonds. The molecular weight excluding hydrogens is 276 g/mol. The van der Waals surface area contributed by atoms with Crippen LogP contribution < -0.4 is 9.47 Å². The Labute approximate surface area is 123 Å². The van der Waals surface area contributed by atoms with Crippen molar-refractivity contribution in [2.45, 2.75) is 26.9 Å². The second kappa shape index (κ2) is 7.10. The van der Waals surface area contributed by atoms with E-state index in [1.54, 1.807) is 6.07 Å². The predicted octanol–water partition coefficient (Wildman–Crippen LogP) is 3.81.